The molecule has 1 fully saturated rings. The number of allylic oxidation sites excluding steroid dienone is 1. The predicted molar refractivity (Wildman–Crippen MR) is 147 cm³/mol. The Morgan fingerprint density at radius 2 is 1.76 bits per heavy atom. The fourth-order valence-electron chi connectivity index (χ4n) is 4.14. The normalized spacial score (nSPS) is 12.6. The lowest BCUT2D eigenvalue weighted by Crippen LogP contribution is -2.42. The van der Waals surface area contributed by atoms with Gasteiger partial charge in [-0.1, -0.05) is 17.4 Å². The molecule has 1 aliphatic rings. The number of anilines is 2. The summed E-state index contributed by atoms with van der Waals surface area (Å²) in [5.74, 6) is 7.97. The first-order valence-electron chi connectivity index (χ1n) is 12.4. The third-order valence-corrected chi connectivity index (χ3v) is 6.12. The summed E-state index contributed by atoms with van der Waals surface area (Å²) >= 11 is 0. The van der Waals surface area contributed by atoms with Crippen LogP contribution in [0.2, 0.25) is 0 Å². The van der Waals surface area contributed by atoms with Gasteiger partial charge in [0.15, 0.2) is 0 Å². The van der Waals surface area contributed by atoms with Crippen molar-refractivity contribution < 1.29 is 9.53 Å². The smallest absolute Gasteiger partial charge is 0.319 e. The van der Waals surface area contributed by atoms with E-state index in [1.807, 2.05) is 37.0 Å². The number of benzene rings is 2. The van der Waals surface area contributed by atoms with Crippen molar-refractivity contribution in [2.45, 2.75) is 26.7 Å². The van der Waals surface area contributed by atoms with Crippen LogP contribution in [-0.2, 0) is 0 Å². The summed E-state index contributed by atoms with van der Waals surface area (Å²) in [6.45, 7) is 5.42. The highest BCUT2D eigenvalue weighted by atomic mass is 16.5. The van der Waals surface area contributed by atoms with Crippen LogP contribution >= 0.6 is 0 Å². The van der Waals surface area contributed by atoms with Gasteiger partial charge in [-0.2, -0.15) is 10.2 Å². The SMILES string of the molecule is Cc1cc(C#CC=C2CCN(C(=O)N(C)C)CC2)cc(C)c1Oc1ccnc(Nc2ccc(C#N)cc2)n1. The second kappa shape index (κ2) is 11.9. The van der Waals surface area contributed by atoms with Crippen LogP contribution in [-0.4, -0.2) is 53.0 Å². The van der Waals surface area contributed by atoms with Crippen LogP contribution in [0.1, 0.15) is 35.1 Å². The molecule has 1 saturated heterocycles. The Balaban J connectivity index is 1.41. The Bertz CT molecular complexity index is 1430. The second-order valence-corrected chi connectivity index (χ2v) is 9.31. The molecule has 0 saturated carbocycles. The number of hydrogen-bond donors (Lipinski definition) is 1. The van der Waals surface area contributed by atoms with E-state index in [1.165, 1.54) is 5.57 Å². The van der Waals surface area contributed by atoms with Crippen molar-refractivity contribution in [3.63, 3.8) is 0 Å². The third kappa shape index (κ3) is 6.68. The molecular formula is C30H30N6O2. The fourth-order valence-corrected chi connectivity index (χ4v) is 4.14. The first-order chi connectivity index (χ1) is 18.3. The standard InChI is InChI=1S/C30H30N6O2/c1-21-18-25(7-5-6-23-13-16-36(17-14-23)30(37)35(3)4)19-22(2)28(21)38-27-12-15-32-29(34-27)33-26-10-8-24(20-31)9-11-26/h6,8-12,15,18-19H,13-14,16-17H2,1-4H3,(H,32,33,34). The van der Waals surface area contributed by atoms with Crippen LogP contribution in [0.3, 0.4) is 0 Å². The van der Waals surface area contributed by atoms with E-state index >= 15 is 0 Å². The number of likely N-dealkylation sites (tertiary alicyclic amines) is 1. The van der Waals surface area contributed by atoms with Crippen LogP contribution in [0.4, 0.5) is 16.4 Å². The zero-order valence-corrected chi connectivity index (χ0v) is 22.1. The molecule has 4 rings (SSSR count). The van der Waals surface area contributed by atoms with Gasteiger partial charge in [0.05, 0.1) is 11.6 Å². The van der Waals surface area contributed by atoms with Gasteiger partial charge in [0.25, 0.3) is 0 Å². The van der Waals surface area contributed by atoms with Crippen molar-refractivity contribution >= 4 is 17.7 Å². The minimum Gasteiger partial charge on any atom is -0.438 e. The molecule has 1 N–H and O–H groups in total. The van der Waals surface area contributed by atoms with Gasteiger partial charge in [-0.25, -0.2) is 9.78 Å². The number of carbonyl (C=O) groups is 1. The number of hydrogen-bond acceptors (Lipinski definition) is 6. The Kier molecular flexibility index (Phi) is 8.25. The number of ether oxygens (including phenoxy) is 1. The van der Waals surface area contributed by atoms with Crippen LogP contribution in [0, 0.1) is 37.0 Å². The van der Waals surface area contributed by atoms with Gasteiger partial charge in [-0.15, -0.1) is 0 Å². The van der Waals surface area contributed by atoms with Crippen molar-refractivity contribution in [2.75, 3.05) is 32.5 Å². The number of aromatic nitrogens is 2. The summed E-state index contributed by atoms with van der Waals surface area (Å²) < 4.78 is 6.13. The van der Waals surface area contributed by atoms with Gasteiger partial charge in [0.1, 0.15) is 5.75 Å². The summed E-state index contributed by atoms with van der Waals surface area (Å²) in [6.07, 6.45) is 5.31. The molecule has 1 aromatic heterocycles. The first-order valence-corrected chi connectivity index (χ1v) is 12.4. The minimum absolute atomic E-state index is 0.0594. The molecule has 2 aromatic carbocycles. The van der Waals surface area contributed by atoms with Gasteiger partial charge in [-0.05, 0) is 80.3 Å². The second-order valence-electron chi connectivity index (χ2n) is 9.31. The molecule has 0 aliphatic carbocycles. The largest absolute Gasteiger partial charge is 0.438 e. The lowest BCUT2D eigenvalue weighted by Gasteiger charge is -2.30. The highest BCUT2D eigenvalue weighted by Crippen LogP contribution is 2.29. The predicted octanol–water partition coefficient (Wildman–Crippen LogP) is 5.56. The van der Waals surface area contributed by atoms with Gasteiger partial charge >= 0.3 is 6.03 Å². The van der Waals surface area contributed by atoms with E-state index in [-0.39, 0.29) is 6.03 Å². The number of carbonyl (C=O) groups excluding carboxylic acids is 1. The fraction of sp³-hybridized carbons (Fsp3) is 0.267. The van der Waals surface area contributed by atoms with E-state index in [0.29, 0.717) is 17.4 Å². The van der Waals surface area contributed by atoms with Gasteiger partial charge in [0, 0.05) is 50.7 Å². The summed E-state index contributed by atoms with van der Waals surface area (Å²) in [5, 5.41) is 12.1. The molecule has 3 aromatic rings. The quantitative estimate of drug-likeness (QED) is 0.466. The van der Waals surface area contributed by atoms with Crippen molar-refractivity contribution in [3.8, 4) is 29.5 Å². The van der Waals surface area contributed by atoms with Crippen LogP contribution < -0.4 is 10.1 Å². The third-order valence-electron chi connectivity index (χ3n) is 6.12. The average Bonchev–Trinajstić information content (AvgIpc) is 2.91. The lowest BCUT2D eigenvalue weighted by atomic mass is 10.0. The Labute approximate surface area is 223 Å². The van der Waals surface area contributed by atoms with Gasteiger partial charge in [-0.3, -0.25) is 0 Å². The molecular weight excluding hydrogens is 476 g/mol. The molecule has 38 heavy (non-hydrogen) atoms. The van der Waals surface area contributed by atoms with E-state index in [4.69, 9.17) is 10.00 Å². The van der Waals surface area contributed by atoms with Crippen LogP contribution in [0.15, 0.2) is 60.3 Å². The number of rotatable bonds is 4. The van der Waals surface area contributed by atoms with Crippen molar-refractivity contribution in [3.05, 3.63) is 82.6 Å². The molecule has 192 valence electrons. The van der Waals surface area contributed by atoms with E-state index in [2.05, 4.69) is 33.2 Å². The number of aryl methyl sites for hydroxylation is 2. The number of urea groups is 1. The Hall–Kier alpha value is -4.82. The maximum Gasteiger partial charge on any atom is 0.319 e. The van der Waals surface area contributed by atoms with Crippen molar-refractivity contribution in [1.29, 1.82) is 5.26 Å². The monoisotopic (exact) mass is 506 g/mol. The van der Waals surface area contributed by atoms with Gasteiger partial charge in [0.2, 0.25) is 11.8 Å². The molecule has 8 heteroatoms. The van der Waals surface area contributed by atoms with E-state index in [1.54, 1.807) is 55.5 Å². The molecule has 0 radical (unpaired) electrons. The molecule has 0 unspecified atom stereocenters. The lowest BCUT2D eigenvalue weighted by molar-refractivity contribution is 0.167. The maximum atomic E-state index is 12.1. The van der Waals surface area contributed by atoms with Crippen LogP contribution in [0.5, 0.6) is 11.6 Å². The highest BCUT2D eigenvalue weighted by Gasteiger charge is 2.19. The van der Waals surface area contributed by atoms with Crippen molar-refractivity contribution in [1.82, 2.24) is 19.8 Å². The average molecular weight is 507 g/mol. The number of nitrogens with zero attached hydrogens (tertiary/aromatic N) is 5. The Morgan fingerprint density at radius 1 is 1.08 bits per heavy atom. The Morgan fingerprint density at radius 3 is 2.39 bits per heavy atom. The summed E-state index contributed by atoms with van der Waals surface area (Å²) in [4.78, 5) is 24.3. The number of nitriles is 1. The molecule has 0 atom stereocenters. The van der Waals surface area contributed by atoms with E-state index < -0.39 is 0 Å². The molecule has 2 heterocycles. The first kappa shape index (κ1) is 26.2. The molecule has 8 nitrogen and oxygen atoms in total. The number of amides is 2. The molecule has 0 spiro atoms. The topological polar surface area (TPSA) is 94.4 Å². The zero-order valence-electron chi connectivity index (χ0n) is 22.1. The minimum atomic E-state index is 0.0594. The number of nitrogens with one attached hydrogen (secondary N) is 1. The zero-order chi connectivity index (χ0) is 27.1. The maximum absolute atomic E-state index is 12.1. The van der Waals surface area contributed by atoms with Gasteiger partial charge < -0.3 is 19.9 Å². The highest BCUT2D eigenvalue weighted by molar-refractivity contribution is 5.74. The molecule has 0 bridgehead atoms. The number of piperidine rings is 1. The van der Waals surface area contributed by atoms with Crippen molar-refractivity contribution in [2.24, 2.45) is 0 Å². The summed E-state index contributed by atoms with van der Waals surface area (Å²) in [7, 11) is 3.56. The van der Waals surface area contributed by atoms with E-state index in [9.17, 15) is 4.79 Å². The summed E-state index contributed by atoms with van der Waals surface area (Å²) in [6, 6.07) is 14.9. The molecule has 2 amide bonds. The molecule has 1 aliphatic heterocycles. The van der Waals surface area contributed by atoms with E-state index in [0.717, 1.165) is 54.1 Å². The summed E-state index contributed by atoms with van der Waals surface area (Å²) in [5.41, 5.74) is 5.45. The van der Waals surface area contributed by atoms with Crippen LogP contribution in [0.25, 0.3) is 0 Å².